The Morgan fingerprint density at radius 2 is 2.14 bits per heavy atom. The van der Waals surface area contributed by atoms with Gasteiger partial charge in [0.15, 0.2) is 4.77 Å². The van der Waals surface area contributed by atoms with Gasteiger partial charge in [-0.25, -0.2) is 4.57 Å². The molecule has 0 fully saturated rings. The summed E-state index contributed by atoms with van der Waals surface area (Å²) >= 11 is 6.84. The number of H-pyrrole nitrogens is 1. The quantitative estimate of drug-likeness (QED) is 0.709. The smallest absolute Gasteiger partial charge is 0.267 e. The lowest BCUT2D eigenvalue weighted by Gasteiger charge is -2.09. The molecule has 0 radical (unpaired) electrons. The summed E-state index contributed by atoms with van der Waals surface area (Å²) in [7, 11) is 0. The molecule has 0 spiro atoms. The highest BCUT2D eigenvalue weighted by molar-refractivity contribution is 7.71. The summed E-state index contributed by atoms with van der Waals surface area (Å²) in [6, 6.07) is 6.99. The van der Waals surface area contributed by atoms with Crippen molar-refractivity contribution in [1.29, 1.82) is 0 Å². The van der Waals surface area contributed by atoms with E-state index in [-0.39, 0.29) is 16.1 Å². The number of fused-ring (bicyclic) bond motifs is 1. The third-order valence-electron chi connectivity index (χ3n) is 3.36. The number of nitrogens with one attached hydrogen (secondary N) is 1. The van der Waals surface area contributed by atoms with Crippen molar-refractivity contribution >= 4 is 33.8 Å². The van der Waals surface area contributed by atoms with Crippen molar-refractivity contribution in [3.05, 3.63) is 49.8 Å². The fraction of sp³-hybridized carbons (Fsp3) is 0.200. The monoisotopic (exact) mass is 318 g/mol. The number of aromatic nitrogens is 2. The molecule has 4 nitrogen and oxygen atoms in total. The predicted molar refractivity (Wildman–Crippen MR) is 88.4 cm³/mol. The van der Waals surface area contributed by atoms with Crippen LogP contribution in [0.25, 0.3) is 15.9 Å². The van der Waals surface area contributed by atoms with Crippen molar-refractivity contribution in [3.8, 4) is 11.4 Å². The van der Waals surface area contributed by atoms with Crippen molar-refractivity contribution in [3.63, 3.8) is 0 Å². The molecule has 1 aromatic carbocycles. The topological polar surface area (TPSA) is 58.0 Å². The van der Waals surface area contributed by atoms with E-state index in [1.807, 2.05) is 19.9 Å². The fourth-order valence-electron chi connectivity index (χ4n) is 2.27. The van der Waals surface area contributed by atoms with Crippen molar-refractivity contribution in [1.82, 2.24) is 9.55 Å². The van der Waals surface area contributed by atoms with Crippen molar-refractivity contribution in [2.75, 3.05) is 0 Å². The van der Waals surface area contributed by atoms with Gasteiger partial charge in [-0.3, -0.25) is 4.79 Å². The van der Waals surface area contributed by atoms with E-state index in [0.717, 1.165) is 21.7 Å². The number of phenols is 1. The van der Waals surface area contributed by atoms with E-state index in [4.69, 9.17) is 12.2 Å². The van der Waals surface area contributed by atoms with Gasteiger partial charge in [-0.1, -0.05) is 13.0 Å². The maximum Gasteiger partial charge on any atom is 0.267 e. The van der Waals surface area contributed by atoms with Crippen LogP contribution in [-0.4, -0.2) is 14.7 Å². The van der Waals surface area contributed by atoms with Gasteiger partial charge in [0.25, 0.3) is 5.56 Å². The number of phenolic OH excluding ortho intramolecular Hbond substituents is 1. The zero-order valence-corrected chi connectivity index (χ0v) is 13.3. The number of hydrogen-bond acceptors (Lipinski definition) is 4. The summed E-state index contributed by atoms with van der Waals surface area (Å²) in [5.41, 5.74) is 1.15. The Balaban J connectivity index is 2.40. The molecule has 0 bridgehead atoms. The van der Waals surface area contributed by atoms with Gasteiger partial charge >= 0.3 is 0 Å². The van der Waals surface area contributed by atoms with Crippen LogP contribution in [0.2, 0.25) is 0 Å². The van der Waals surface area contributed by atoms with Gasteiger partial charge in [0.1, 0.15) is 10.6 Å². The molecule has 0 saturated heterocycles. The van der Waals surface area contributed by atoms with Gasteiger partial charge in [0.05, 0.1) is 11.1 Å². The number of aryl methyl sites for hydroxylation is 2. The van der Waals surface area contributed by atoms with Crippen LogP contribution in [0.1, 0.15) is 17.4 Å². The summed E-state index contributed by atoms with van der Waals surface area (Å²) in [6.45, 7) is 3.95. The second kappa shape index (κ2) is 5.13. The lowest BCUT2D eigenvalue weighted by Crippen LogP contribution is -2.19. The van der Waals surface area contributed by atoms with Crippen LogP contribution < -0.4 is 5.56 Å². The number of thiophene rings is 1. The van der Waals surface area contributed by atoms with E-state index in [2.05, 4.69) is 4.98 Å². The number of hydrogen-bond donors (Lipinski definition) is 2. The molecule has 2 N–H and O–H groups in total. The summed E-state index contributed by atoms with van der Waals surface area (Å²) in [5.74, 6) is 0.0347. The van der Waals surface area contributed by atoms with Gasteiger partial charge in [0.2, 0.25) is 0 Å². The molecule has 6 heteroatoms. The van der Waals surface area contributed by atoms with Crippen LogP contribution in [0, 0.1) is 11.7 Å². The highest BCUT2D eigenvalue weighted by Crippen LogP contribution is 2.25. The zero-order chi connectivity index (χ0) is 15.1. The Morgan fingerprint density at radius 1 is 1.38 bits per heavy atom. The van der Waals surface area contributed by atoms with Gasteiger partial charge in [-0.05, 0) is 49.3 Å². The maximum absolute atomic E-state index is 12.7. The van der Waals surface area contributed by atoms with Gasteiger partial charge in [0, 0.05) is 4.88 Å². The molecule has 0 amide bonds. The molecule has 108 valence electrons. The maximum atomic E-state index is 12.7. The van der Waals surface area contributed by atoms with E-state index < -0.39 is 0 Å². The largest absolute Gasteiger partial charge is 0.506 e. The van der Waals surface area contributed by atoms with Gasteiger partial charge in [-0.15, -0.1) is 11.3 Å². The number of rotatable bonds is 2. The average molecular weight is 318 g/mol. The van der Waals surface area contributed by atoms with Crippen LogP contribution in [0.15, 0.2) is 29.1 Å². The first kappa shape index (κ1) is 14.0. The molecule has 3 rings (SSSR count). The fourth-order valence-corrected chi connectivity index (χ4v) is 3.60. The Morgan fingerprint density at radius 3 is 2.86 bits per heavy atom. The number of nitrogens with zero attached hydrogens (tertiary/aromatic N) is 1. The molecule has 3 aromatic rings. The molecule has 0 aliphatic heterocycles. The SMILES string of the molecule is CCc1cc2c(=O)n(-c3cc(C)ccc3O)c(=S)[nH]c2s1. The molecule has 2 heterocycles. The molecule has 0 unspecified atom stereocenters. The number of aromatic amines is 1. The second-order valence-corrected chi connectivity index (χ2v) is 6.40. The van der Waals surface area contributed by atoms with Crippen molar-refractivity contribution < 1.29 is 5.11 Å². The molecular weight excluding hydrogens is 304 g/mol. The predicted octanol–water partition coefficient (Wildman–Crippen LogP) is 3.69. The Bertz CT molecular complexity index is 950. The molecule has 0 atom stereocenters. The molecular formula is C15H14N2O2S2. The summed E-state index contributed by atoms with van der Waals surface area (Å²) in [4.78, 5) is 17.7. The zero-order valence-electron chi connectivity index (χ0n) is 11.6. The standard InChI is InChI=1S/C15H14N2O2S2/c1-3-9-7-10-13(21-9)16-15(20)17(14(10)19)11-6-8(2)4-5-12(11)18/h4-7,18H,3H2,1-2H3,(H,16,20). The first-order valence-electron chi connectivity index (χ1n) is 6.59. The van der Waals surface area contributed by atoms with Crippen LogP contribution in [0.5, 0.6) is 5.75 Å². The van der Waals surface area contributed by atoms with E-state index >= 15 is 0 Å². The summed E-state index contributed by atoms with van der Waals surface area (Å²) in [5, 5.41) is 10.6. The van der Waals surface area contributed by atoms with Crippen LogP contribution in [0.4, 0.5) is 0 Å². The molecule has 0 saturated carbocycles. The minimum atomic E-state index is -0.203. The van der Waals surface area contributed by atoms with Crippen molar-refractivity contribution in [2.24, 2.45) is 0 Å². The Kier molecular flexibility index (Phi) is 3.43. The third kappa shape index (κ3) is 2.30. The lowest BCUT2D eigenvalue weighted by atomic mass is 10.2. The second-order valence-electron chi connectivity index (χ2n) is 4.87. The summed E-state index contributed by atoms with van der Waals surface area (Å²) in [6.07, 6.45) is 0.870. The van der Waals surface area contributed by atoms with Gasteiger partial charge < -0.3 is 10.1 Å². The van der Waals surface area contributed by atoms with E-state index in [0.29, 0.717) is 11.1 Å². The Labute approximate surface area is 130 Å². The molecule has 2 aromatic heterocycles. The highest BCUT2D eigenvalue weighted by atomic mass is 32.1. The van der Waals surface area contributed by atoms with Crippen LogP contribution in [0.3, 0.4) is 0 Å². The molecule has 21 heavy (non-hydrogen) atoms. The molecule has 0 aliphatic carbocycles. The van der Waals surface area contributed by atoms with Crippen molar-refractivity contribution in [2.45, 2.75) is 20.3 Å². The first-order chi connectivity index (χ1) is 10.0. The number of aromatic hydroxyl groups is 1. The molecule has 0 aliphatic rings. The van der Waals surface area contributed by atoms with E-state index in [1.54, 1.807) is 18.2 Å². The average Bonchev–Trinajstić information content (AvgIpc) is 2.86. The normalized spacial score (nSPS) is 11.1. The van der Waals surface area contributed by atoms with Crippen LogP contribution in [-0.2, 0) is 6.42 Å². The highest BCUT2D eigenvalue weighted by Gasteiger charge is 2.13. The minimum absolute atomic E-state index is 0.0347. The third-order valence-corrected chi connectivity index (χ3v) is 4.84. The van der Waals surface area contributed by atoms with Crippen LogP contribution >= 0.6 is 23.6 Å². The van der Waals surface area contributed by atoms with E-state index in [1.165, 1.54) is 15.9 Å². The van der Waals surface area contributed by atoms with Gasteiger partial charge in [-0.2, -0.15) is 0 Å². The summed E-state index contributed by atoms with van der Waals surface area (Å²) < 4.78 is 1.64. The first-order valence-corrected chi connectivity index (χ1v) is 7.81. The lowest BCUT2D eigenvalue weighted by molar-refractivity contribution is 0.471. The number of benzene rings is 1. The van der Waals surface area contributed by atoms with E-state index in [9.17, 15) is 9.90 Å². The minimum Gasteiger partial charge on any atom is -0.506 e. The Hall–Kier alpha value is -1.92.